The molecule has 108 valence electrons. The van der Waals surface area contributed by atoms with Gasteiger partial charge in [0, 0.05) is 6.42 Å². The first-order valence-corrected chi connectivity index (χ1v) is 13.4. The van der Waals surface area contributed by atoms with E-state index in [1.807, 2.05) is 19.6 Å². The van der Waals surface area contributed by atoms with Gasteiger partial charge in [0.25, 0.3) is 16.6 Å². The van der Waals surface area contributed by atoms with E-state index in [2.05, 4.69) is 30.0 Å². The number of ketones is 1. The van der Waals surface area contributed by atoms with Crippen molar-refractivity contribution in [3.05, 3.63) is 0 Å². The van der Waals surface area contributed by atoms with E-state index in [9.17, 15) is 4.79 Å². The van der Waals surface area contributed by atoms with Crippen molar-refractivity contribution in [1.29, 1.82) is 0 Å². The molecule has 1 aliphatic carbocycles. The number of rotatable bonds is 4. The van der Waals surface area contributed by atoms with Gasteiger partial charge in [0.2, 0.25) is 0 Å². The lowest BCUT2D eigenvalue weighted by Gasteiger charge is -2.19. The van der Waals surface area contributed by atoms with E-state index in [1.165, 1.54) is 0 Å². The summed E-state index contributed by atoms with van der Waals surface area (Å²) < 4.78 is 11.0. The van der Waals surface area contributed by atoms with E-state index in [1.54, 1.807) is 0 Å². The number of carbonyl (C=O) groups is 1. The smallest absolute Gasteiger partial charge is 0.278 e. The zero-order chi connectivity index (χ0) is 14.7. The molecule has 1 fully saturated rings. The predicted octanol–water partition coefficient (Wildman–Crippen LogP) is 3.15. The summed E-state index contributed by atoms with van der Waals surface area (Å²) in [7, 11) is -3.53. The molecule has 0 bridgehead atoms. The monoisotopic (exact) mass is 300 g/mol. The third-order valence-electron chi connectivity index (χ3n) is 2.20. The highest BCUT2D eigenvalue weighted by Crippen LogP contribution is 2.14. The van der Waals surface area contributed by atoms with Gasteiger partial charge in [0.05, 0.1) is 0 Å². The molecule has 0 amide bonds. The lowest BCUT2D eigenvalue weighted by atomic mass is 9.95. The van der Waals surface area contributed by atoms with Crippen molar-refractivity contribution in [2.24, 2.45) is 10.3 Å². The molecule has 19 heavy (non-hydrogen) atoms. The largest absolute Gasteiger partial charge is 0.455 e. The number of Topliss-reactive ketones (excluding diaryl/α,β-unsaturated/α-hetero) is 1. The van der Waals surface area contributed by atoms with Crippen LogP contribution in [0.3, 0.4) is 0 Å². The van der Waals surface area contributed by atoms with E-state index >= 15 is 0 Å². The van der Waals surface area contributed by atoms with Gasteiger partial charge < -0.3 is 9.05 Å². The van der Waals surface area contributed by atoms with Crippen LogP contribution in [0.1, 0.15) is 19.3 Å². The Morgan fingerprint density at radius 2 is 1.42 bits per heavy atom. The van der Waals surface area contributed by atoms with Crippen LogP contribution in [0.5, 0.6) is 0 Å². The molecule has 0 aromatic carbocycles. The standard InChI is InChI=1S/C12H24N2O3Si2/c1-18(2,3)16-13-10-8-7-9-11(15)12(10)14-17-19(4,5)6/h7-9H2,1-6H3/b13-10-,14-12-. The number of nitrogens with zero attached hydrogens (tertiary/aromatic N) is 2. The molecule has 0 spiro atoms. The zero-order valence-electron chi connectivity index (χ0n) is 12.7. The predicted molar refractivity (Wildman–Crippen MR) is 82.6 cm³/mol. The summed E-state index contributed by atoms with van der Waals surface area (Å²) >= 11 is 0. The molecule has 0 aliphatic heterocycles. The number of hydrogen-bond donors (Lipinski definition) is 0. The van der Waals surface area contributed by atoms with Gasteiger partial charge in [-0.25, -0.2) is 0 Å². The lowest BCUT2D eigenvalue weighted by molar-refractivity contribution is -0.113. The van der Waals surface area contributed by atoms with Gasteiger partial charge >= 0.3 is 0 Å². The molecule has 7 heteroatoms. The number of carbonyl (C=O) groups excluding carboxylic acids is 1. The average Bonchev–Trinajstić information content (AvgIpc) is 2.22. The van der Waals surface area contributed by atoms with Crippen LogP contribution in [0.4, 0.5) is 0 Å². The fraction of sp³-hybridized carbons (Fsp3) is 0.750. The highest BCUT2D eigenvalue weighted by Gasteiger charge is 2.27. The fourth-order valence-electron chi connectivity index (χ4n) is 1.38. The van der Waals surface area contributed by atoms with Crippen LogP contribution >= 0.6 is 0 Å². The Balaban J connectivity index is 2.90. The Bertz CT molecular complexity index is 406. The van der Waals surface area contributed by atoms with Gasteiger partial charge in [0.15, 0.2) is 11.5 Å². The van der Waals surface area contributed by atoms with Crippen LogP contribution in [-0.4, -0.2) is 33.8 Å². The maximum atomic E-state index is 11.9. The van der Waals surface area contributed by atoms with E-state index in [0.717, 1.165) is 12.8 Å². The molecule has 0 radical (unpaired) electrons. The molecule has 5 nitrogen and oxygen atoms in total. The maximum absolute atomic E-state index is 11.9. The molecule has 1 aliphatic rings. The third-order valence-corrected chi connectivity index (χ3v) is 3.47. The van der Waals surface area contributed by atoms with Crippen LogP contribution < -0.4 is 0 Å². The Kier molecular flexibility index (Phi) is 5.08. The molecule has 1 rings (SSSR count). The average molecular weight is 301 g/mol. The molecule has 0 aromatic heterocycles. The quantitative estimate of drug-likeness (QED) is 0.592. The van der Waals surface area contributed by atoms with E-state index in [4.69, 9.17) is 9.05 Å². The summed E-state index contributed by atoms with van der Waals surface area (Å²) in [5.41, 5.74) is 0.990. The van der Waals surface area contributed by atoms with Gasteiger partial charge in [-0.2, -0.15) is 0 Å². The SMILES string of the molecule is C[Si](C)(C)O/N=C1/CCCC(=O)/C1=N\O[Si](C)(C)C. The summed E-state index contributed by atoms with van der Waals surface area (Å²) in [4.78, 5) is 11.9. The van der Waals surface area contributed by atoms with Crippen molar-refractivity contribution in [2.45, 2.75) is 58.5 Å². The molecule has 0 aromatic rings. The molecular weight excluding hydrogens is 276 g/mol. The van der Waals surface area contributed by atoms with Crippen molar-refractivity contribution >= 4 is 33.8 Å². The minimum Gasteiger partial charge on any atom is -0.455 e. The Hall–Kier alpha value is -0.956. The number of oxime groups is 2. The highest BCUT2D eigenvalue weighted by atomic mass is 28.4. The van der Waals surface area contributed by atoms with Crippen molar-refractivity contribution in [3.63, 3.8) is 0 Å². The van der Waals surface area contributed by atoms with Crippen LogP contribution in [-0.2, 0) is 13.8 Å². The maximum Gasteiger partial charge on any atom is 0.278 e. The van der Waals surface area contributed by atoms with Crippen molar-refractivity contribution in [1.82, 2.24) is 0 Å². The first-order chi connectivity index (χ1) is 8.58. The van der Waals surface area contributed by atoms with Crippen LogP contribution in [0, 0.1) is 0 Å². The Morgan fingerprint density at radius 1 is 0.895 bits per heavy atom. The molecule has 0 N–H and O–H groups in total. The van der Waals surface area contributed by atoms with Crippen LogP contribution in [0.2, 0.25) is 39.3 Å². The normalized spacial score (nSPS) is 21.9. The Morgan fingerprint density at radius 3 is 1.95 bits per heavy atom. The molecule has 0 unspecified atom stereocenters. The topological polar surface area (TPSA) is 60.2 Å². The van der Waals surface area contributed by atoms with Crippen LogP contribution in [0.15, 0.2) is 10.3 Å². The first-order valence-electron chi connectivity index (χ1n) is 6.63. The Labute approximate surface area is 117 Å². The second-order valence-electron chi connectivity index (χ2n) is 6.66. The molecule has 0 heterocycles. The summed E-state index contributed by atoms with van der Waals surface area (Å²) in [6.45, 7) is 12.2. The second-order valence-corrected chi connectivity index (χ2v) is 15.5. The minimum absolute atomic E-state index is 0.00225. The van der Waals surface area contributed by atoms with Gasteiger partial charge in [0.1, 0.15) is 5.71 Å². The van der Waals surface area contributed by atoms with Crippen molar-refractivity contribution in [3.8, 4) is 0 Å². The van der Waals surface area contributed by atoms with E-state index in [0.29, 0.717) is 17.8 Å². The second kappa shape index (κ2) is 6.00. The van der Waals surface area contributed by atoms with Gasteiger partial charge in [-0.05, 0) is 52.1 Å². The molecule has 0 atom stereocenters. The first kappa shape index (κ1) is 16.1. The van der Waals surface area contributed by atoms with E-state index in [-0.39, 0.29) is 5.78 Å². The van der Waals surface area contributed by atoms with Gasteiger partial charge in [-0.15, -0.1) is 5.16 Å². The summed E-state index contributed by atoms with van der Waals surface area (Å²) in [5, 5.41) is 8.20. The van der Waals surface area contributed by atoms with Crippen molar-refractivity contribution < 1.29 is 13.8 Å². The summed E-state index contributed by atoms with van der Waals surface area (Å²) in [6.07, 6.45) is 2.04. The van der Waals surface area contributed by atoms with Gasteiger partial charge in [-0.1, -0.05) is 5.16 Å². The van der Waals surface area contributed by atoms with Crippen molar-refractivity contribution in [2.75, 3.05) is 0 Å². The molecule has 1 saturated carbocycles. The highest BCUT2D eigenvalue weighted by molar-refractivity contribution is 6.72. The van der Waals surface area contributed by atoms with E-state index < -0.39 is 16.6 Å². The lowest BCUT2D eigenvalue weighted by Crippen LogP contribution is -2.33. The molecule has 0 saturated heterocycles. The third kappa shape index (κ3) is 6.15. The minimum atomic E-state index is -1.79. The fourth-order valence-corrected chi connectivity index (χ4v) is 2.13. The molecular formula is C12H24N2O3Si2. The number of hydrogen-bond acceptors (Lipinski definition) is 5. The zero-order valence-corrected chi connectivity index (χ0v) is 14.7. The van der Waals surface area contributed by atoms with Gasteiger partial charge in [-0.3, -0.25) is 4.79 Å². The summed E-state index contributed by atoms with van der Waals surface area (Å²) in [6, 6.07) is 0. The van der Waals surface area contributed by atoms with Crippen LogP contribution in [0.25, 0.3) is 0 Å². The summed E-state index contributed by atoms with van der Waals surface area (Å²) in [5.74, 6) is 0.00225.